The van der Waals surface area contributed by atoms with E-state index in [1.807, 2.05) is 24.3 Å². The van der Waals surface area contributed by atoms with E-state index in [0.717, 1.165) is 0 Å². The van der Waals surface area contributed by atoms with Crippen molar-refractivity contribution in [3.63, 3.8) is 0 Å². The van der Waals surface area contributed by atoms with Crippen LogP contribution in [0, 0.1) is 0 Å². The molecule has 1 aromatic carbocycles. The zero-order valence-electron chi connectivity index (χ0n) is 11.2. The number of benzene rings is 1. The molecule has 3 N–H and O–H groups in total. The summed E-state index contributed by atoms with van der Waals surface area (Å²) in [7, 11) is 0. The molecule has 0 atom stereocenters. The predicted octanol–water partition coefficient (Wildman–Crippen LogP) is 2.81. The number of nitrogens with zero attached hydrogens (tertiary/aromatic N) is 1. The molecule has 19 heavy (non-hydrogen) atoms. The highest BCUT2D eigenvalue weighted by atomic mass is 16.4. The lowest BCUT2D eigenvalue weighted by atomic mass is 9.87. The van der Waals surface area contributed by atoms with Crippen molar-refractivity contribution in [1.29, 1.82) is 0 Å². The summed E-state index contributed by atoms with van der Waals surface area (Å²) in [4.78, 5) is 15.6. The van der Waals surface area contributed by atoms with Crippen molar-refractivity contribution < 1.29 is 9.21 Å². The molecule has 1 aromatic heterocycles. The monoisotopic (exact) mass is 259 g/mol. The first kappa shape index (κ1) is 13.1. The molecule has 100 valence electrons. The van der Waals surface area contributed by atoms with Gasteiger partial charge in [0.25, 0.3) is 11.9 Å². The summed E-state index contributed by atoms with van der Waals surface area (Å²) < 4.78 is 4.79. The minimum absolute atomic E-state index is 0.0202. The summed E-state index contributed by atoms with van der Waals surface area (Å²) in [6.07, 6.45) is 1.23. The molecule has 0 aliphatic rings. The summed E-state index contributed by atoms with van der Waals surface area (Å²) in [6, 6.07) is 7.69. The van der Waals surface area contributed by atoms with E-state index in [-0.39, 0.29) is 23.0 Å². The summed E-state index contributed by atoms with van der Waals surface area (Å²) in [6.45, 7) is 6.41. The van der Waals surface area contributed by atoms with Gasteiger partial charge in [-0.1, -0.05) is 32.9 Å². The van der Waals surface area contributed by atoms with Crippen molar-refractivity contribution in [1.82, 2.24) is 4.98 Å². The highest BCUT2D eigenvalue weighted by Crippen LogP contribution is 2.23. The van der Waals surface area contributed by atoms with Crippen LogP contribution < -0.4 is 11.1 Å². The van der Waals surface area contributed by atoms with Crippen molar-refractivity contribution in [3.05, 3.63) is 41.8 Å². The van der Waals surface area contributed by atoms with Crippen molar-refractivity contribution >= 4 is 17.6 Å². The van der Waals surface area contributed by atoms with Crippen LogP contribution in [0.5, 0.6) is 0 Å². The lowest BCUT2D eigenvalue weighted by Crippen LogP contribution is -2.14. The molecule has 0 fully saturated rings. The van der Waals surface area contributed by atoms with Gasteiger partial charge in [0.1, 0.15) is 6.26 Å². The fourth-order valence-corrected chi connectivity index (χ4v) is 1.64. The van der Waals surface area contributed by atoms with Crippen LogP contribution in [-0.4, -0.2) is 10.9 Å². The van der Waals surface area contributed by atoms with E-state index in [0.29, 0.717) is 5.69 Å². The highest BCUT2D eigenvalue weighted by Gasteiger charge is 2.14. The molecule has 5 nitrogen and oxygen atoms in total. The molecule has 0 aliphatic carbocycles. The van der Waals surface area contributed by atoms with Gasteiger partial charge in [-0.3, -0.25) is 4.79 Å². The second kappa shape index (κ2) is 4.76. The highest BCUT2D eigenvalue weighted by molar-refractivity contribution is 6.02. The number of anilines is 2. The quantitative estimate of drug-likeness (QED) is 0.868. The van der Waals surface area contributed by atoms with E-state index >= 15 is 0 Å². The second-order valence-electron chi connectivity index (χ2n) is 5.35. The third kappa shape index (κ3) is 3.13. The minimum atomic E-state index is -0.344. The van der Waals surface area contributed by atoms with E-state index in [9.17, 15) is 4.79 Å². The zero-order valence-corrected chi connectivity index (χ0v) is 11.2. The maximum absolute atomic E-state index is 11.8. The number of nitrogens with one attached hydrogen (secondary N) is 1. The first-order valence-electron chi connectivity index (χ1n) is 5.99. The van der Waals surface area contributed by atoms with Crippen LogP contribution in [0.25, 0.3) is 0 Å². The summed E-state index contributed by atoms with van der Waals surface area (Å²) >= 11 is 0. The van der Waals surface area contributed by atoms with Gasteiger partial charge in [-0.05, 0) is 23.1 Å². The number of carbonyl (C=O) groups excluding carboxylic acids is 1. The molecule has 0 unspecified atom stereocenters. The fourth-order valence-electron chi connectivity index (χ4n) is 1.64. The van der Waals surface area contributed by atoms with Gasteiger partial charge in [0.2, 0.25) is 0 Å². The second-order valence-corrected chi connectivity index (χ2v) is 5.35. The Morgan fingerprint density at radius 2 is 1.89 bits per heavy atom. The third-order valence-electron chi connectivity index (χ3n) is 2.76. The molecular weight excluding hydrogens is 242 g/mol. The Morgan fingerprint density at radius 3 is 2.37 bits per heavy atom. The van der Waals surface area contributed by atoms with Gasteiger partial charge in [0, 0.05) is 5.69 Å². The molecule has 0 radical (unpaired) electrons. The smallest absolute Gasteiger partial charge is 0.292 e. The Balaban J connectivity index is 2.10. The minimum Gasteiger partial charge on any atom is -0.431 e. The normalized spacial score (nSPS) is 11.3. The maximum atomic E-state index is 11.8. The lowest BCUT2D eigenvalue weighted by Gasteiger charge is -2.19. The van der Waals surface area contributed by atoms with E-state index in [1.165, 1.54) is 11.8 Å². The number of hydrogen-bond donors (Lipinski definition) is 2. The number of aromatic nitrogens is 1. The van der Waals surface area contributed by atoms with Gasteiger partial charge < -0.3 is 15.5 Å². The fraction of sp³-hybridized carbons (Fsp3) is 0.286. The van der Waals surface area contributed by atoms with Crippen LogP contribution in [-0.2, 0) is 5.41 Å². The van der Waals surface area contributed by atoms with E-state index in [4.69, 9.17) is 10.2 Å². The molecule has 0 saturated carbocycles. The van der Waals surface area contributed by atoms with E-state index < -0.39 is 0 Å². The molecule has 0 saturated heterocycles. The predicted molar refractivity (Wildman–Crippen MR) is 74.0 cm³/mol. The van der Waals surface area contributed by atoms with Gasteiger partial charge in [0.15, 0.2) is 5.69 Å². The SMILES string of the molecule is CC(C)(C)c1ccc(NC(=O)c2coc(N)n2)cc1. The van der Waals surface area contributed by atoms with Crippen LogP contribution in [0.2, 0.25) is 0 Å². The molecule has 1 amide bonds. The van der Waals surface area contributed by atoms with Crippen LogP contribution in [0.1, 0.15) is 36.8 Å². The van der Waals surface area contributed by atoms with Crippen LogP contribution in [0.15, 0.2) is 34.9 Å². The molecule has 1 heterocycles. The summed E-state index contributed by atoms with van der Waals surface area (Å²) in [5.41, 5.74) is 7.48. The average molecular weight is 259 g/mol. The van der Waals surface area contributed by atoms with E-state index in [1.54, 1.807) is 0 Å². The third-order valence-corrected chi connectivity index (χ3v) is 2.76. The first-order valence-corrected chi connectivity index (χ1v) is 5.99. The van der Waals surface area contributed by atoms with Gasteiger partial charge >= 0.3 is 0 Å². The number of nitrogens with two attached hydrogens (primary N) is 1. The first-order chi connectivity index (χ1) is 8.86. The number of amides is 1. The number of nitrogen functional groups attached to an aromatic ring is 1. The van der Waals surface area contributed by atoms with Gasteiger partial charge in [-0.2, -0.15) is 4.98 Å². The van der Waals surface area contributed by atoms with Gasteiger partial charge in [0.05, 0.1) is 0 Å². The van der Waals surface area contributed by atoms with Crippen LogP contribution in [0.3, 0.4) is 0 Å². The van der Waals surface area contributed by atoms with Crippen molar-refractivity contribution in [2.24, 2.45) is 0 Å². The summed E-state index contributed by atoms with van der Waals surface area (Å²) in [5.74, 6) is -0.344. The molecule has 0 spiro atoms. The van der Waals surface area contributed by atoms with Crippen molar-refractivity contribution in [3.8, 4) is 0 Å². The van der Waals surface area contributed by atoms with Gasteiger partial charge in [-0.25, -0.2) is 0 Å². The lowest BCUT2D eigenvalue weighted by molar-refractivity contribution is 0.102. The Morgan fingerprint density at radius 1 is 1.26 bits per heavy atom. The summed E-state index contributed by atoms with van der Waals surface area (Å²) in [5, 5.41) is 2.73. The van der Waals surface area contributed by atoms with Crippen LogP contribution >= 0.6 is 0 Å². The number of carbonyl (C=O) groups is 1. The molecule has 0 bridgehead atoms. The van der Waals surface area contributed by atoms with Crippen molar-refractivity contribution in [2.45, 2.75) is 26.2 Å². The van der Waals surface area contributed by atoms with Crippen LogP contribution in [0.4, 0.5) is 11.7 Å². The number of rotatable bonds is 2. The Hall–Kier alpha value is -2.30. The van der Waals surface area contributed by atoms with E-state index in [2.05, 4.69) is 31.1 Å². The van der Waals surface area contributed by atoms with Crippen molar-refractivity contribution in [2.75, 3.05) is 11.1 Å². The average Bonchev–Trinajstić information content (AvgIpc) is 2.75. The van der Waals surface area contributed by atoms with Gasteiger partial charge in [-0.15, -0.1) is 0 Å². The molecular formula is C14H17N3O2. The zero-order chi connectivity index (χ0) is 14.0. The largest absolute Gasteiger partial charge is 0.431 e. The molecule has 2 aromatic rings. The Labute approximate surface area is 111 Å². The standard InChI is InChI=1S/C14H17N3O2/c1-14(2,3)9-4-6-10(7-5-9)16-12(18)11-8-19-13(15)17-11/h4-8H,1-3H3,(H2,15,17)(H,16,18). The Kier molecular flexibility index (Phi) is 3.29. The molecule has 2 rings (SSSR count). The topological polar surface area (TPSA) is 81.2 Å². The Bertz CT molecular complexity index is 579. The number of hydrogen-bond acceptors (Lipinski definition) is 4. The molecule has 5 heteroatoms. The maximum Gasteiger partial charge on any atom is 0.292 e. The molecule has 0 aliphatic heterocycles. The number of oxazole rings is 1.